The lowest BCUT2D eigenvalue weighted by atomic mass is 9.88. The van der Waals surface area contributed by atoms with Crippen LogP contribution >= 0.6 is 0 Å². The molecule has 0 spiro atoms. The molecule has 0 fully saturated rings. The van der Waals surface area contributed by atoms with Gasteiger partial charge in [0.15, 0.2) is 5.60 Å². The molecule has 1 aromatic rings. The third-order valence-electron chi connectivity index (χ3n) is 2.67. The number of nitrogens with zero attached hydrogens (tertiary/aromatic N) is 1. The standard InChI is InChI=1S/C11H15F3N2O/c1-7-5-8(2)16-6-9(7)10(17,3-4-15)11(12,13)14/h5-6,17H,3-4,15H2,1-2H3. The number of halogens is 3. The van der Waals surface area contributed by atoms with Crippen molar-refractivity contribution < 1.29 is 18.3 Å². The van der Waals surface area contributed by atoms with Crippen molar-refractivity contribution in [2.24, 2.45) is 5.73 Å². The van der Waals surface area contributed by atoms with E-state index < -0.39 is 18.2 Å². The van der Waals surface area contributed by atoms with Gasteiger partial charge in [-0.1, -0.05) is 0 Å². The largest absolute Gasteiger partial charge is 0.421 e. The number of aryl methyl sites for hydroxylation is 2. The predicted octanol–water partition coefficient (Wildman–Crippen LogP) is 1.80. The van der Waals surface area contributed by atoms with Gasteiger partial charge in [0.25, 0.3) is 0 Å². The fraction of sp³-hybridized carbons (Fsp3) is 0.545. The van der Waals surface area contributed by atoms with E-state index >= 15 is 0 Å². The van der Waals surface area contributed by atoms with E-state index in [9.17, 15) is 18.3 Å². The number of hydrogen-bond acceptors (Lipinski definition) is 3. The molecule has 0 saturated heterocycles. The van der Waals surface area contributed by atoms with Crippen LogP contribution in [-0.2, 0) is 5.60 Å². The molecule has 1 atom stereocenters. The highest BCUT2D eigenvalue weighted by molar-refractivity contribution is 5.31. The molecule has 6 heteroatoms. The summed E-state index contributed by atoms with van der Waals surface area (Å²) in [5, 5.41) is 9.85. The Kier molecular flexibility index (Phi) is 3.78. The van der Waals surface area contributed by atoms with Gasteiger partial charge in [-0.15, -0.1) is 0 Å². The molecule has 1 aromatic heterocycles. The summed E-state index contributed by atoms with van der Waals surface area (Å²) in [5.74, 6) is 0. The minimum atomic E-state index is -4.77. The normalized spacial score (nSPS) is 15.7. The Labute approximate surface area is 97.5 Å². The topological polar surface area (TPSA) is 59.1 Å². The Morgan fingerprint density at radius 2 is 1.94 bits per heavy atom. The number of pyridine rings is 1. The van der Waals surface area contributed by atoms with Gasteiger partial charge in [0, 0.05) is 23.9 Å². The van der Waals surface area contributed by atoms with E-state index in [1.165, 1.54) is 13.0 Å². The smallest absolute Gasteiger partial charge is 0.376 e. The van der Waals surface area contributed by atoms with E-state index in [1.807, 2.05) is 0 Å². The van der Waals surface area contributed by atoms with Gasteiger partial charge < -0.3 is 10.8 Å². The van der Waals surface area contributed by atoms with Crippen LogP contribution in [0.5, 0.6) is 0 Å². The number of hydrogen-bond donors (Lipinski definition) is 2. The lowest BCUT2D eigenvalue weighted by molar-refractivity contribution is -0.268. The predicted molar refractivity (Wildman–Crippen MR) is 57.3 cm³/mol. The number of nitrogens with two attached hydrogens (primary N) is 1. The van der Waals surface area contributed by atoms with Crippen LogP contribution in [0.15, 0.2) is 12.3 Å². The van der Waals surface area contributed by atoms with Gasteiger partial charge >= 0.3 is 6.18 Å². The number of alkyl halides is 3. The van der Waals surface area contributed by atoms with Crippen molar-refractivity contribution in [3.05, 3.63) is 29.1 Å². The van der Waals surface area contributed by atoms with E-state index in [-0.39, 0.29) is 12.1 Å². The Balaban J connectivity index is 3.32. The highest BCUT2D eigenvalue weighted by Gasteiger charge is 2.55. The lowest BCUT2D eigenvalue weighted by Crippen LogP contribution is -2.44. The van der Waals surface area contributed by atoms with E-state index in [2.05, 4.69) is 4.98 Å². The molecule has 1 unspecified atom stereocenters. The van der Waals surface area contributed by atoms with Gasteiger partial charge in [0.2, 0.25) is 0 Å². The summed E-state index contributed by atoms with van der Waals surface area (Å²) in [6.07, 6.45) is -4.29. The van der Waals surface area contributed by atoms with Crippen LogP contribution in [0.1, 0.15) is 23.2 Å². The molecule has 0 aliphatic heterocycles. The molecule has 17 heavy (non-hydrogen) atoms. The van der Waals surface area contributed by atoms with Crippen LogP contribution in [0, 0.1) is 13.8 Å². The van der Waals surface area contributed by atoms with Crippen LogP contribution in [-0.4, -0.2) is 22.8 Å². The van der Waals surface area contributed by atoms with Crippen molar-refractivity contribution in [2.75, 3.05) is 6.54 Å². The van der Waals surface area contributed by atoms with E-state index in [0.29, 0.717) is 11.3 Å². The van der Waals surface area contributed by atoms with E-state index in [0.717, 1.165) is 6.20 Å². The number of aromatic nitrogens is 1. The van der Waals surface area contributed by atoms with Crippen LogP contribution in [0.2, 0.25) is 0 Å². The monoisotopic (exact) mass is 248 g/mol. The highest BCUT2D eigenvalue weighted by atomic mass is 19.4. The molecule has 3 nitrogen and oxygen atoms in total. The third kappa shape index (κ3) is 2.58. The lowest BCUT2D eigenvalue weighted by Gasteiger charge is -2.31. The summed E-state index contributed by atoms with van der Waals surface area (Å²) in [6, 6.07) is 1.50. The molecule has 0 saturated carbocycles. The molecule has 0 radical (unpaired) electrons. The van der Waals surface area contributed by atoms with E-state index in [1.54, 1.807) is 6.92 Å². The number of rotatable bonds is 3. The SMILES string of the molecule is Cc1cc(C)c(C(O)(CCN)C(F)(F)F)cn1. The second kappa shape index (κ2) is 4.62. The Bertz CT molecular complexity index is 406. The first-order valence-electron chi connectivity index (χ1n) is 5.15. The van der Waals surface area contributed by atoms with Gasteiger partial charge in [-0.25, -0.2) is 0 Å². The van der Waals surface area contributed by atoms with Crippen molar-refractivity contribution in [3.8, 4) is 0 Å². The van der Waals surface area contributed by atoms with Crippen molar-refractivity contribution in [2.45, 2.75) is 32.0 Å². The maximum absolute atomic E-state index is 12.9. The zero-order valence-electron chi connectivity index (χ0n) is 9.67. The summed E-state index contributed by atoms with van der Waals surface area (Å²) in [4.78, 5) is 3.80. The van der Waals surface area contributed by atoms with Gasteiger partial charge in [-0.05, 0) is 32.0 Å². The van der Waals surface area contributed by atoms with Crippen molar-refractivity contribution in [1.29, 1.82) is 0 Å². The first-order valence-corrected chi connectivity index (χ1v) is 5.15. The molecular weight excluding hydrogens is 233 g/mol. The molecule has 96 valence electrons. The number of aliphatic hydroxyl groups is 1. The summed E-state index contributed by atoms with van der Waals surface area (Å²) in [5.41, 5.74) is 2.94. The summed E-state index contributed by atoms with van der Waals surface area (Å²) < 4.78 is 38.8. The maximum Gasteiger partial charge on any atom is 0.421 e. The van der Waals surface area contributed by atoms with Crippen molar-refractivity contribution >= 4 is 0 Å². The van der Waals surface area contributed by atoms with Crippen LogP contribution in [0.4, 0.5) is 13.2 Å². The van der Waals surface area contributed by atoms with Gasteiger partial charge in [-0.2, -0.15) is 13.2 Å². The van der Waals surface area contributed by atoms with Crippen LogP contribution in [0.3, 0.4) is 0 Å². The summed E-state index contributed by atoms with van der Waals surface area (Å²) >= 11 is 0. The minimum Gasteiger partial charge on any atom is -0.376 e. The first kappa shape index (κ1) is 13.9. The van der Waals surface area contributed by atoms with E-state index in [4.69, 9.17) is 5.73 Å². The first-order chi connectivity index (χ1) is 7.72. The second-order valence-corrected chi connectivity index (χ2v) is 4.04. The molecule has 3 N–H and O–H groups in total. The molecule has 0 aromatic carbocycles. The Morgan fingerprint density at radius 3 is 2.35 bits per heavy atom. The summed E-state index contributed by atoms with van der Waals surface area (Å²) in [7, 11) is 0. The highest BCUT2D eigenvalue weighted by Crippen LogP contribution is 2.42. The average Bonchev–Trinajstić information content (AvgIpc) is 2.15. The van der Waals surface area contributed by atoms with Gasteiger partial charge in [-0.3, -0.25) is 4.98 Å². The maximum atomic E-state index is 12.9. The minimum absolute atomic E-state index is 0.235. The summed E-state index contributed by atoms with van der Waals surface area (Å²) in [6.45, 7) is 2.92. The fourth-order valence-corrected chi connectivity index (χ4v) is 1.77. The molecule has 0 aliphatic carbocycles. The molecular formula is C11H15F3N2O. The molecule has 0 amide bonds. The quantitative estimate of drug-likeness (QED) is 0.857. The Morgan fingerprint density at radius 1 is 1.35 bits per heavy atom. The molecule has 0 bridgehead atoms. The molecule has 1 heterocycles. The van der Waals surface area contributed by atoms with Crippen LogP contribution in [0.25, 0.3) is 0 Å². The average molecular weight is 248 g/mol. The molecule has 1 rings (SSSR count). The van der Waals surface area contributed by atoms with Crippen molar-refractivity contribution in [3.63, 3.8) is 0 Å². The van der Waals surface area contributed by atoms with Gasteiger partial charge in [0.1, 0.15) is 0 Å². The fourth-order valence-electron chi connectivity index (χ4n) is 1.77. The zero-order chi connectivity index (χ0) is 13.3. The third-order valence-corrected chi connectivity index (χ3v) is 2.67. The Hall–Kier alpha value is -1.14. The van der Waals surface area contributed by atoms with Crippen molar-refractivity contribution in [1.82, 2.24) is 4.98 Å². The van der Waals surface area contributed by atoms with Crippen LogP contribution < -0.4 is 5.73 Å². The van der Waals surface area contributed by atoms with Gasteiger partial charge in [0.05, 0.1) is 0 Å². The molecule has 0 aliphatic rings. The zero-order valence-corrected chi connectivity index (χ0v) is 9.67. The second-order valence-electron chi connectivity index (χ2n) is 4.04.